The van der Waals surface area contributed by atoms with Gasteiger partial charge in [0, 0.05) is 16.2 Å². The molecule has 1 aliphatic carbocycles. The minimum Gasteiger partial charge on any atom is -0.327 e. The minimum atomic E-state index is 0.316. The Balaban J connectivity index is 1.70. The van der Waals surface area contributed by atoms with Crippen LogP contribution in [0.2, 0.25) is 0 Å². The lowest BCUT2D eigenvalue weighted by Crippen LogP contribution is -2.37. The van der Waals surface area contributed by atoms with E-state index in [2.05, 4.69) is 61.5 Å². The Morgan fingerprint density at radius 2 is 1.67 bits per heavy atom. The van der Waals surface area contributed by atoms with Gasteiger partial charge in [0.15, 0.2) is 0 Å². The van der Waals surface area contributed by atoms with E-state index in [1.807, 2.05) is 11.8 Å². The number of thioether (sulfide) groups is 1. The van der Waals surface area contributed by atoms with E-state index in [-0.39, 0.29) is 0 Å². The van der Waals surface area contributed by atoms with Crippen molar-refractivity contribution in [1.82, 2.24) is 0 Å². The highest BCUT2D eigenvalue weighted by Crippen LogP contribution is 2.40. The smallest absolute Gasteiger partial charge is 0.0252 e. The van der Waals surface area contributed by atoms with Crippen molar-refractivity contribution in [3.63, 3.8) is 0 Å². The van der Waals surface area contributed by atoms with Crippen LogP contribution in [0.1, 0.15) is 36.3 Å². The first-order valence-electron chi connectivity index (χ1n) is 7.76. The molecule has 2 heteroatoms. The van der Waals surface area contributed by atoms with E-state index in [4.69, 9.17) is 5.73 Å². The van der Waals surface area contributed by atoms with Crippen molar-refractivity contribution in [1.29, 1.82) is 0 Å². The molecule has 1 saturated carbocycles. The number of hydrogen-bond acceptors (Lipinski definition) is 2. The molecule has 1 nitrogen and oxygen atoms in total. The van der Waals surface area contributed by atoms with E-state index in [0.717, 1.165) is 6.42 Å². The molecule has 0 aromatic heterocycles. The van der Waals surface area contributed by atoms with Crippen molar-refractivity contribution in [3.8, 4) is 0 Å². The molecule has 1 fully saturated rings. The van der Waals surface area contributed by atoms with Gasteiger partial charge in [-0.3, -0.25) is 0 Å². The van der Waals surface area contributed by atoms with Gasteiger partial charge in [-0.25, -0.2) is 0 Å². The van der Waals surface area contributed by atoms with Crippen molar-refractivity contribution < 1.29 is 0 Å². The molecule has 0 amide bonds. The van der Waals surface area contributed by atoms with Crippen LogP contribution >= 0.6 is 11.8 Å². The predicted molar refractivity (Wildman–Crippen MR) is 91.8 cm³/mol. The molecule has 1 aliphatic rings. The molecule has 21 heavy (non-hydrogen) atoms. The van der Waals surface area contributed by atoms with Crippen molar-refractivity contribution in [3.05, 3.63) is 65.7 Å². The molecule has 2 aromatic rings. The molecular weight excluding hydrogens is 274 g/mol. The summed E-state index contributed by atoms with van der Waals surface area (Å²) < 4.78 is 0. The molecule has 2 N–H and O–H groups in total. The molecule has 0 bridgehead atoms. The SMILES string of the molecule is Cc1ccc(SC2CC(c3ccccc3)CCC2N)cc1. The van der Waals surface area contributed by atoms with Gasteiger partial charge in [-0.1, -0.05) is 48.0 Å². The molecule has 3 rings (SSSR count). The van der Waals surface area contributed by atoms with Crippen LogP contribution in [0.3, 0.4) is 0 Å². The molecular formula is C19H23NS. The van der Waals surface area contributed by atoms with Gasteiger partial charge in [-0.2, -0.15) is 0 Å². The van der Waals surface area contributed by atoms with Crippen molar-refractivity contribution in [2.75, 3.05) is 0 Å². The topological polar surface area (TPSA) is 26.0 Å². The van der Waals surface area contributed by atoms with Gasteiger partial charge in [-0.15, -0.1) is 11.8 Å². The van der Waals surface area contributed by atoms with Crippen LogP contribution in [0.15, 0.2) is 59.5 Å². The average molecular weight is 297 g/mol. The van der Waals surface area contributed by atoms with Crippen LogP contribution < -0.4 is 5.73 Å². The zero-order chi connectivity index (χ0) is 14.7. The quantitative estimate of drug-likeness (QED) is 0.884. The maximum atomic E-state index is 6.38. The fourth-order valence-electron chi connectivity index (χ4n) is 3.11. The third-order valence-electron chi connectivity index (χ3n) is 4.42. The van der Waals surface area contributed by atoms with E-state index in [0.29, 0.717) is 17.2 Å². The molecule has 0 heterocycles. The Hall–Kier alpha value is -1.25. The van der Waals surface area contributed by atoms with E-state index in [9.17, 15) is 0 Å². The van der Waals surface area contributed by atoms with Gasteiger partial charge in [0.2, 0.25) is 0 Å². The molecule has 0 radical (unpaired) electrons. The fourth-order valence-corrected chi connectivity index (χ4v) is 4.39. The third kappa shape index (κ3) is 3.69. The molecule has 2 aromatic carbocycles. The van der Waals surface area contributed by atoms with Crippen molar-refractivity contribution in [2.24, 2.45) is 5.73 Å². The van der Waals surface area contributed by atoms with Crippen LogP contribution in [0.5, 0.6) is 0 Å². The highest BCUT2D eigenvalue weighted by molar-refractivity contribution is 8.00. The summed E-state index contributed by atoms with van der Waals surface area (Å²) in [5, 5.41) is 0.520. The van der Waals surface area contributed by atoms with Crippen LogP contribution in [0.4, 0.5) is 0 Å². The summed E-state index contributed by atoms with van der Waals surface area (Å²) in [6.45, 7) is 2.13. The lowest BCUT2D eigenvalue weighted by atomic mass is 9.82. The third-order valence-corrected chi connectivity index (χ3v) is 5.81. The molecule has 3 atom stereocenters. The molecule has 110 valence electrons. The van der Waals surface area contributed by atoms with Crippen LogP contribution in [-0.4, -0.2) is 11.3 Å². The summed E-state index contributed by atoms with van der Waals surface area (Å²) in [4.78, 5) is 1.34. The summed E-state index contributed by atoms with van der Waals surface area (Å²) in [6.07, 6.45) is 3.53. The molecule has 0 spiro atoms. The molecule has 3 unspecified atom stereocenters. The summed E-state index contributed by atoms with van der Waals surface area (Å²) in [7, 11) is 0. The minimum absolute atomic E-state index is 0.316. The Bertz CT molecular complexity index is 564. The van der Waals surface area contributed by atoms with E-state index >= 15 is 0 Å². The van der Waals surface area contributed by atoms with Gasteiger partial charge in [-0.05, 0) is 49.8 Å². The Kier molecular flexibility index (Phi) is 4.67. The summed E-state index contributed by atoms with van der Waals surface area (Å²) in [6, 6.07) is 20.0. The predicted octanol–water partition coefficient (Wildman–Crippen LogP) is 4.75. The maximum Gasteiger partial charge on any atom is 0.0252 e. The molecule has 0 aliphatic heterocycles. The Labute approximate surface area is 132 Å². The monoisotopic (exact) mass is 297 g/mol. The zero-order valence-corrected chi connectivity index (χ0v) is 13.4. The average Bonchev–Trinajstić information content (AvgIpc) is 2.52. The standard InChI is InChI=1S/C19H23NS/c1-14-7-10-17(11-8-14)21-19-13-16(9-12-18(19)20)15-5-3-2-4-6-15/h2-8,10-11,16,18-19H,9,12-13,20H2,1H3. The first kappa shape index (κ1) is 14.7. The fraction of sp³-hybridized carbons (Fsp3) is 0.368. The summed E-state index contributed by atoms with van der Waals surface area (Å²) in [5.74, 6) is 0.661. The van der Waals surface area contributed by atoms with Gasteiger partial charge in [0.1, 0.15) is 0 Å². The zero-order valence-electron chi connectivity index (χ0n) is 12.5. The first-order chi connectivity index (χ1) is 10.2. The van der Waals surface area contributed by atoms with Crippen LogP contribution in [0.25, 0.3) is 0 Å². The number of benzene rings is 2. The summed E-state index contributed by atoms with van der Waals surface area (Å²) >= 11 is 1.95. The van der Waals surface area contributed by atoms with Gasteiger partial charge in [0.25, 0.3) is 0 Å². The summed E-state index contributed by atoms with van der Waals surface area (Å²) in [5.41, 5.74) is 9.16. The van der Waals surface area contributed by atoms with E-state index in [1.165, 1.54) is 28.9 Å². The van der Waals surface area contributed by atoms with E-state index in [1.54, 1.807) is 0 Å². The van der Waals surface area contributed by atoms with Crippen molar-refractivity contribution in [2.45, 2.75) is 48.3 Å². The van der Waals surface area contributed by atoms with Gasteiger partial charge < -0.3 is 5.73 Å². The highest BCUT2D eigenvalue weighted by Gasteiger charge is 2.29. The van der Waals surface area contributed by atoms with Gasteiger partial charge in [0.05, 0.1) is 0 Å². The lowest BCUT2D eigenvalue weighted by molar-refractivity contribution is 0.406. The number of rotatable bonds is 3. The highest BCUT2D eigenvalue weighted by atomic mass is 32.2. The van der Waals surface area contributed by atoms with Gasteiger partial charge >= 0.3 is 0 Å². The van der Waals surface area contributed by atoms with E-state index < -0.39 is 0 Å². The second-order valence-corrected chi connectivity index (χ2v) is 7.37. The van der Waals surface area contributed by atoms with Crippen molar-refractivity contribution >= 4 is 11.8 Å². The number of nitrogens with two attached hydrogens (primary N) is 1. The second kappa shape index (κ2) is 6.67. The normalized spacial score (nSPS) is 25.7. The maximum absolute atomic E-state index is 6.38. The number of hydrogen-bond donors (Lipinski definition) is 1. The molecule has 0 saturated heterocycles. The second-order valence-electron chi connectivity index (χ2n) is 6.05. The largest absolute Gasteiger partial charge is 0.327 e. The first-order valence-corrected chi connectivity index (χ1v) is 8.64. The lowest BCUT2D eigenvalue weighted by Gasteiger charge is -2.34. The van der Waals surface area contributed by atoms with Crippen LogP contribution in [0, 0.1) is 6.92 Å². The Morgan fingerprint density at radius 1 is 0.952 bits per heavy atom. The van der Waals surface area contributed by atoms with Crippen LogP contribution in [-0.2, 0) is 0 Å². The Morgan fingerprint density at radius 3 is 2.38 bits per heavy atom. The number of aryl methyl sites for hydroxylation is 1.